The van der Waals surface area contributed by atoms with Gasteiger partial charge in [-0.3, -0.25) is 4.99 Å². The fourth-order valence-corrected chi connectivity index (χ4v) is 6.19. The number of nitrogens with zero attached hydrogens (tertiary/aromatic N) is 1. The highest BCUT2D eigenvalue weighted by atomic mass is 127. The molecule has 4 aliphatic rings. The molecule has 5 nitrogen and oxygen atoms in total. The van der Waals surface area contributed by atoms with Crippen molar-refractivity contribution in [3.05, 3.63) is 0 Å². The van der Waals surface area contributed by atoms with Crippen LogP contribution in [0.15, 0.2) is 4.99 Å². The first kappa shape index (κ1) is 20.6. The quantitative estimate of drug-likeness (QED) is 0.371. The Morgan fingerprint density at radius 2 is 1.96 bits per heavy atom. The van der Waals surface area contributed by atoms with E-state index in [0.29, 0.717) is 35.6 Å². The van der Waals surface area contributed by atoms with Crippen LogP contribution in [-0.4, -0.2) is 50.5 Å². The second kappa shape index (κ2) is 7.74. The van der Waals surface area contributed by atoms with Crippen LogP contribution < -0.4 is 10.6 Å². The molecule has 0 aromatic carbocycles. The van der Waals surface area contributed by atoms with Crippen molar-refractivity contribution in [1.82, 2.24) is 10.6 Å². The average Bonchev–Trinajstić information content (AvgIpc) is 3.26. The van der Waals surface area contributed by atoms with Gasteiger partial charge in [0, 0.05) is 49.1 Å². The van der Waals surface area contributed by atoms with Crippen LogP contribution in [-0.2, 0) is 9.47 Å². The summed E-state index contributed by atoms with van der Waals surface area (Å²) in [7, 11) is 1.89. The van der Waals surface area contributed by atoms with E-state index in [0.717, 1.165) is 25.6 Å². The van der Waals surface area contributed by atoms with Crippen LogP contribution in [0.1, 0.15) is 59.3 Å². The molecule has 0 radical (unpaired) electrons. The lowest BCUT2D eigenvalue weighted by molar-refractivity contribution is -0.126. The highest BCUT2D eigenvalue weighted by Gasteiger charge is 2.60. The minimum absolute atomic E-state index is 0. The molecule has 4 rings (SSSR count). The molecule has 150 valence electrons. The smallest absolute Gasteiger partial charge is 0.191 e. The third kappa shape index (κ3) is 3.08. The summed E-state index contributed by atoms with van der Waals surface area (Å²) in [5.74, 6) is 1.60. The van der Waals surface area contributed by atoms with Gasteiger partial charge in [-0.15, -0.1) is 24.0 Å². The molecule has 1 saturated heterocycles. The van der Waals surface area contributed by atoms with Crippen LogP contribution in [0.3, 0.4) is 0 Å². The van der Waals surface area contributed by atoms with Gasteiger partial charge in [0.2, 0.25) is 0 Å². The molecule has 1 heterocycles. The molecule has 3 aliphatic carbocycles. The van der Waals surface area contributed by atoms with Crippen molar-refractivity contribution in [2.75, 3.05) is 20.3 Å². The van der Waals surface area contributed by atoms with E-state index in [1.54, 1.807) is 0 Å². The van der Waals surface area contributed by atoms with Gasteiger partial charge in [-0.05, 0) is 32.6 Å². The van der Waals surface area contributed by atoms with Gasteiger partial charge in [-0.1, -0.05) is 26.7 Å². The van der Waals surface area contributed by atoms with Gasteiger partial charge in [0.25, 0.3) is 0 Å². The van der Waals surface area contributed by atoms with Crippen LogP contribution in [0.25, 0.3) is 0 Å². The van der Waals surface area contributed by atoms with Crippen LogP contribution in [0, 0.1) is 16.7 Å². The second-order valence-electron chi connectivity index (χ2n) is 9.08. The molecule has 5 atom stereocenters. The number of aliphatic imine (C=N–C) groups is 1. The van der Waals surface area contributed by atoms with Gasteiger partial charge >= 0.3 is 0 Å². The number of halogens is 1. The van der Waals surface area contributed by atoms with E-state index < -0.39 is 0 Å². The van der Waals surface area contributed by atoms with Crippen molar-refractivity contribution in [1.29, 1.82) is 0 Å². The summed E-state index contributed by atoms with van der Waals surface area (Å²) in [6, 6.07) is 0.949. The van der Waals surface area contributed by atoms with Crippen molar-refractivity contribution < 1.29 is 9.47 Å². The Morgan fingerprint density at radius 3 is 2.62 bits per heavy atom. The van der Waals surface area contributed by atoms with Crippen LogP contribution in [0.4, 0.5) is 0 Å². The van der Waals surface area contributed by atoms with Gasteiger partial charge in [0.05, 0.1) is 12.2 Å². The average molecular weight is 477 g/mol. The maximum Gasteiger partial charge on any atom is 0.191 e. The standard InChI is InChI=1S/C20H35N3O2.HI/c1-5-24-15-12-14(20(15)9-6-7-10-20)22-18(21-4)23-16-13-8-11-25-17(13)19(16,2)3;/h13-17H,5-12H2,1-4H3,(H2,21,22,23);1H. The topological polar surface area (TPSA) is 54.9 Å². The number of rotatable bonds is 4. The van der Waals surface area contributed by atoms with Crippen molar-refractivity contribution in [2.24, 2.45) is 21.7 Å². The van der Waals surface area contributed by atoms with E-state index in [1.807, 2.05) is 7.05 Å². The van der Waals surface area contributed by atoms with E-state index in [-0.39, 0.29) is 29.4 Å². The van der Waals surface area contributed by atoms with Crippen molar-refractivity contribution in [3.8, 4) is 0 Å². The first-order chi connectivity index (χ1) is 12.0. The third-order valence-electron chi connectivity index (χ3n) is 7.61. The van der Waals surface area contributed by atoms with Gasteiger partial charge in [0.15, 0.2) is 5.96 Å². The molecule has 1 aliphatic heterocycles. The maximum atomic E-state index is 6.05. The molecule has 2 N–H and O–H groups in total. The van der Waals surface area contributed by atoms with Gasteiger partial charge < -0.3 is 20.1 Å². The molecule has 6 heteroatoms. The molecule has 1 spiro atoms. The lowest BCUT2D eigenvalue weighted by Crippen LogP contribution is -2.70. The monoisotopic (exact) mass is 477 g/mol. The fraction of sp³-hybridized carbons (Fsp3) is 0.950. The van der Waals surface area contributed by atoms with Crippen LogP contribution in [0.5, 0.6) is 0 Å². The molecule has 0 aromatic rings. The number of hydrogen-bond acceptors (Lipinski definition) is 3. The minimum atomic E-state index is 0. The Kier molecular flexibility index (Phi) is 6.15. The molecular formula is C20H36IN3O2. The Hall–Kier alpha value is -0.0800. The first-order valence-corrected chi connectivity index (χ1v) is 10.3. The first-order valence-electron chi connectivity index (χ1n) is 10.3. The Morgan fingerprint density at radius 1 is 1.23 bits per heavy atom. The predicted octanol–water partition coefficient (Wildman–Crippen LogP) is 3.32. The molecule has 0 bridgehead atoms. The SMILES string of the molecule is CCOC1CC(NC(=NC)NC2C3CCOC3C2(C)C)C12CCCC2.I. The zero-order chi connectivity index (χ0) is 17.7. The largest absolute Gasteiger partial charge is 0.378 e. The van der Waals surface area contributed by atoms with Gasteiger partial charge in [0.1, 0.15) is 0 Å². The van der Waals surface area contributed by atoms with Crippen molar-refractivity contribution in [2.45, 2.75) is 83.6 Å². The number of fused-ring (bicyclic) bond motifs is 1. The number of hydrogen-bond donors (Lipinski definition) is 2. The normalized spacial score (nSPS) is 39.5. The number of ether oxygens (including phenoxy) is 2. The molecule has 0 aromatic heterocycles. The van der Waals surface area contributed by atoms with Gasteiger partial charge in [-0.2, -0.15) is 0 Å². The second-order valence-corrected chi connectivity index (χ2v) is 9.08. The highest BCUT2D eigenvalue weighted by Crippen LogP contribution is 2.55. The maximum absolute atomic E-state index is 6.05. The summed E-state index contributed by atoms with van der Waals surface area (Å²) in [5.41, 5.74) is 0.513. The summed E-state index contributed by atoms with van der Waals surface area (Å²) in [6.45, 7) is 8.48. The summed E-state index contributed by atoms with van der Waals surface area (Å²) in [5, 5.41) is 7.49. The Balaban J connectivity index is 0.00000196. The zero-order valence-electron chi connectivity index (χ0n) is 16.7. The lowest BCUT2D eigenvalue weighted by Gasteiger charge is -2.56. The van der Waals surface area contributed by atoms with E-state index in [9.17, 15) is 0 Å². The van der Waals surface area contributed by atoms with E-state index in [2.05, 4.69) is 36.4 Å². The lowest BCUT2D eigenvalue weighted by atomic mass is 9.57. The van der Waals surface area contributed by atoms with Crippen LogP contribution >= 0.6 is 24.0 Å². The molecule has 3 saturated carbocycles. The zero-order valence-corrected chi connectivity index (χ0v) is 19.0. The molecule has 26 heavy (non-hydrogen) atoms. The summed E-state index contributed by atoms with van der Waals surface area (Å²) >= 11 is 0. The van der Waals surface area contributed by atoms with Gasteiger partial charge in [-0.25, -0.2) is 0 Å². The number of nitrogens with one attached hydrogen (secondary N) is 2. The Bertz CT molecular complexity index is 533. The minimum Gasteiger partial charge on any atom is -0.378 e. The summed E-state index contributed by atoms with van der Waals surface area (Å²) in [6.07, 6.45) is 8.38. The predicted molar refractivity (Wildman–Crippen MR) is 115 cm³/mol. The van der Waals surface area contributed by atoms with E-state index >= 15 is 0 Å². The Labute approximate surface area is 175 Å². The molecule has 4 fully saturated rings. The van der Waals surface area contributed by atoms with Crippen molar-refractivity contribution >= 4 is 29.9 Å². The van der Waals surface area contributed by atoms with E-state index in [4.69, 9.17) is 9.47 Å². The fourth-order valence-electron chi connectivity index (χ4n) is 6.19. The van der Waals surface area contributed by atoms with E-state index in [1.165, 1.54) is 32.1 Å². The summed E-state index contributed by atoms with van der Waals surface area (Å²) < 4.78 is 12.0. The van der Waals surface area contributed by atoms with Crippen LogP contribution in [0.2, 0.25) is 0 Å². The number of guanidine groups is 1. The third-order valence-corrected chi connectivity index (χ3v) is 7.61. The molecular weight excluding hydrogens is 441 g/mol. The molecule has 5 unspecified atom stereocenters. The highest BCUT2D eigenvalue weighted by molar-refractivity contribution is 14.0. The summed E-state index contributed by atoms with van der Waals surface area (Å²) in [4.78, 5) is 4.55. The van der Waals surface area contributed by atoms with Crippen molar-refractivity contribution in [3.63, 3.8) is 0 Å². The molecule has 0 amide bonds.